The standard InChI is InChI=1S/C18H9Cl4NO4/c19-11-6-13(21)16(8-12(11)20)27-17-9-18(15(23(24)25)7-14(17)22)26-10-4-2-1-3-5-10/h1-9H. The zero-order chi connectivity index (χ0) is 19.6. The zero-order valence-corrected chi connectivity index (χ0v) is 16.3. The van der Waals surface area contributed by atoms with Gasteiger partial charge in [0.25, 0.3) is 0 Å². The van der Waals surface area contributed by atoms with Crippen LogP contribution in [0.15, 0.2) is 54.6 Å². The van der Waals surface area contributed by atoms with Crippen LogP contribution in [0, 0.1) is 10.1 Å². The molecule has 0 aromatic heterocycles. The molecule has 0 aliphatic carbocycles. The number of nitro benzene ring substituents is 1. The Hall–Kier alpha value is -2.18. The third-order valence-corrected chi connectivity index (χ3v) is 4.69. The highest BCUT2D eigenvalue weighted by Gasteiger charge is 2.21. The number of nitro groups is 1. The van der Waals surface area contributed by atoms with E-state index in [1.54, 1.807) is 30.3 Å². The molecule has 9 heteroatoms. The van der Waals surface area contributed by atoms with Crippen molar-refractivity contribution in [2.24, 2.45) is 0 Å². The predicted octanol–water partition coefficient (Wildman–Crippen LogP) is 7.79. The van der Waals surface area contributed by atoms with Gasteiger partial charge in [0, 0.05) is 18.2 Å². The van der Waals surface area contributed by atoms with E-state index in [2.05, 4.69) is 0 Å². The van der Waals surface area contributed by atoms with E-state index in [-0.39, 0.29) is 43.0 Å². The molecule has 138 valence electrons. The smallest absolute Gasteiger partial charge is 0.313 e. The second kappa shape index (κ2) is 8.23. The fourth-order valence-corrected chi connectivity index (χ4v) is 2.92. The van der Waals surface area contributed by atoms with Gasteiger partial charge in [0.1, 0.15) is 17.2 Å². The van der Waals surface area contributed by atoms with Crippen LogP contribution in [-0.4, -0.2) is 4.92 Å². The molecule has 0 saturated carbocycles. The normalized spacial score (nSPS) is 10.5. The van der Waals surface area contributed by atoms with Crippen LogP contribution in [0.25, 0.3) is 0 Å². The Balaban J connectivity index is 2.02. The first-order chi connectivity index (χ1) is 12.8. The molecule has 3 aromatic carbocycles. The van der Waals surface area contributed by atoms with Crippen LogP contribution >= 0.6 is 46.4 Å². The Morgan fingerprint density at radius 3 is 1.96 bits per heavy atom. The number of ether oxygens (including phenoxy) is 2. The van der Waals surface area contributed by atoms with Crippen molar-refractivity contribution < 1.29 is 14.4 Å². The molecule has 0 saturated heterocycles. The highest BCUT2D eigenvalue weighted by molar-refractivity contribution is 6.43. The van der Waals surface area contributed by atoms with Crippen LogP contribution in [0.1, 0.15) is 0 Å². The van der Waals surface area contributed by atoms with Crippen LogP contribution < -0.4 is 9.47 Å². The summed E-state index contributed by atoms with van der Waals surface area (Å²) in [7, 11) is 0. The van der Waals surface area contributed by atoms with E-state index in [1.807, 2.05) is 0 Å². The van der Waals surface area contributed by atoms with Crippen molar-refractivity contribution in [3.63, 3.8) is 0 Å². The lowest BCUT2D eigenvalue weighted by atomic mass is 10.2. The molecular formula is C18H9Cl4NO4. The van der Waals surface area contributed by atoms with Crippen LogP contribution in [0.5, 0.6) is 23.0 Å². The molecule has 0 bridgehead atoms. The molecule has 0 unspecified atom stereocenters. The maximum absolute atomic E-state index is 11.3. The summed E-state index contributed by atoms with van der Waals surface area (Å²) in [5, 5.41) is 12.0. The molecule has 0 aliphatic rings. The molecule has 0 spiro atoms. The Labute approximate surface area is 174 Å². The average Bonchev–Trinajstić information content (AvgIpc) is 2.62. The van der Waals surface area contributed by atoms with Gasteiger partial charge in [0.2, 0.25) is 5.75 Å². The van der Waals surface area contributed by atoms with Crippen molar-refractivity contribution in [1.29, 1.82) is 0 Å². The summed E-state index contributed by atoms with van der Waals surface area (Å²) < 4.78 is 11.3. The van der Waals surface area contributed by atoms with E-state index in [0.29, 0.717) is 5.75 Å². The molecule has 3 rings (SSSR count). The molecular weight excluding hydrogens is 436 g/mol. The van der Waals surface area contributed by atoms with Crippen LogP contribution in [0.3, 0.4) is 0 Å². The van der Waals surface area contributed by atoms with Gasteiger partial charge in [-0.05, 0) is 18.2 Å². The van der Waals surface area contributed by atoms with Gasteiger partial charge in [-0.25, -0.2) is 0 Å². The van der Waals surface area contributed by atoms with Crippen LogP contribution in [-0.2, 0) is 0 Å². The van der Waals surface area contributed by atoms with Crippen LogP contribution in [0.4, 0.5) is 5.69 Å². The lowest BCUT2D eigenvalue weighted by Gasteiger charge is -2.13. The number of benzene rings is 3. The van der Waals surface area contributed by atoms with E-state index >= 15 is 0 Å². The summed E-state index contributed by atoms with van der Waals surface area (Å²) in [6.07, 6.45) is 0. The molecule has 27 heavy (non-hydrogen) atoms. The summed E-state index contributed by atoms with van der Waals surface area (Å²) >= 11 is 24.1. The molecule has 3 aromatic rings. The SMILES string of the molecule is O=[N+]([O-])c1cc(Cl)c(Oc2cc(Cl)c(Cl)cc2Cl)cc1Oc1ccccc1. The summed E-state index contributed by atoms with van der Waals surface area (Å²) in [6, 6.07) is 13.9. The number of para-hydroxylation sites is 1. The Bertz CT molecular complexity index is 1010. The first kappa shape index (κ1) is 19.6. The minimum Gasteiger partial charge on any atom is -0.454 e. The maximum atomic E-state index is 11.3. The summed E-state index contributed by atoms with van der Waals surface area (Å²) in [5.41, 5.74) is -0.309. The lowest BCUT2D eigenvalue weighted by molar-refractivity contribution is -0.385. The van der Waals surface area contributed by atoms with Gasteiger partial charge < -0.3 is 9.47 Å². The van der Waals surface area contributed by atoms with E-state index in [0.717, 1.165) is 6.07 Å². The minimum atomic E-state index is -0.597. The first-order valence-electron chi connectivity index (χ1n) is 7.38. The molecule has 0 heterocycles. The second-order valence-corrected chi connectivity index (χ2v) is 6.85. The predicted molar refractivity (Wildman–Crippen MR) is 106 cm³/mol. The Morgan fingerprint density at radius 2 is 1.30 bits per heavy atom. The molecule has 0 fully saturated rings. The number of hydrogen-bond donors (Lipinski definition) is 0. The number of halogens is 4. The van der Waals surface area contributed by atoms with E-state index in [9.17, 15) is 10.1 Å². The van der Waals surface area contributed by atoms with Crippen LogP contribution in [0.2, 0.25) is 20.1 Å². The van der Waals surface area contributed by atoms with Gasteiger partial charge in [0.15, 0.2) is 0 Å². The van der Waals surface area contributed by atoms with Crippen molar-refractivity contribution in [3.05, 3.63) is 84.8 Å². The summed E-state index contributed by atoms with van der Waals surface area (Å²) in [4.78, 5) is 10.7. The zero-order valence-electron chi connectivity index (χ0n) is 13.3. The van der Waals surface area contributed by atoms with Gasteiger partial charge in [-0.1, -0.05) is 64.6 Å². The number of hydrogen-bond acceptors (Lipinski definition) is 4. The highest BCUT2D eigenvalue weighted by Crippen LogP contribution is 2.43. The largest absolute Gasteiger partial charge is 0.454 e. The van der Waals surface area contributed by atoms with E-state index in [1.165, 1.54) is 18.2 Å². The Kier molecular flexibility index (Phi) is 5.97. The van der Waals surface area contributed by atoms with Gasteiger partial charge >= 0.3 is 5.69 Å². The van der Waals surface area contributed by atoms with Gasteiger partial charge in [0.05, 0.1) is 25.0 Å². The molecule has 0 aliphatic heterocycles. The fourth-order valence-electron chi connectivity index (χ4n) is 2.14. The second-order valence-electron chi connectivity index (χ2n) is 5.22. The average molecular weight is 445 g/mol. The van der Waals surface area contributed by atoms with Gasteiger partial charge in [-0.15, -0.1) is 0 Å². The maximum Gasteiger partial charge on any atom is 0.313 e. The van der Waals surface area contributed by atoms with Gasteiger partial charge in [-0.3, -0.25) is 10.1 Å². The quantitative estimate of drug-likeness (QED) is 0.229. The molecule has 0 N–H and O–H groups in total. The summed E-state index contributed by atoms with van der Waals surface area (Å²) in [6.45, 7) is 0. The van der Waals surface area contributed by atoms with Gasteiger partial charge in [-0.2, -0.15) is 0 Å². The number of rotatable bonds is 5. The fraction of sp³-hybridized carbons (Fsp3) is 0. The van der Waals surface area contributed by atoms with Crippen molar-refractivity contribution in [2.75, 3.05) is 0 Å². The third kappa shape index (κ3) is 4.57. The van der Waals surface area contributed by atoms with E-state index < -0.39 is 4.92 Å². The van der Waals surface area contributed by atoms with Crippen molar-refractivity contribution >= 4 is 52.1 Å². The van der Waals surface area contributed by atoms with E-state index in [4.69, 9.17) is 55.9 Å². The summed E-state index contributed by atoms with van der Waals surface area (Å²) in [5.74, 6) is 0.671. The molecule has 5 nitrogen and oxygen atoms in total. The first-order valence-corrected chi connectivity index (χ1v) is 8.89. The minimum absolute atomic E-state index is 0.00394. The third-order valence-electron chi connectivity index (χ3n) is 3.38. The highest BCUT2D eigenvalue weighted by atomic mass is 35.5. The molecule has 0 atom stereocenters. The Morgan fingerprint density at radius 1 is 0.704 bits per heavy atom. The topological polar surface area (TPSA) is 61.6 Å². The lowest BCUT2D eigenvalue weighted by Crippen LogP contribution is -1.96. The van der Waals surface area contributed by atoms with Crippen molar-refractivity contribution in [1.82, 2.24) is 0 Å². The molecule has 0 amide bonds. The molecule has 0 radical (unpaired) electrons. The monoisotopic (exact) mass is 443 g/mol. The van der Waals surface area contributed by atoms with Crippen molar-refractivity contribution in [2.45, 2.75) is 0 Å². The van der Waals surface area contributed by atoms with Crippen molar-refractivity contribution in [3.8, 4) is 23.0 Å². The number of nitrogens with zero attached hydrogens (tertiary/aromatic N) is 1.